The number of benzene rings is 1. The van der Waals surface area contributed by atoms with E-state index in [2.05, 4.69) is 29.2 Å². The molecule has 126 valence electrons. The third-order valence-corrected chi connectivity index (χ3v) is 5.17. The molecule has 1 heterocycles. The smallest absolute Gasteiger partial charge is 0.327 e. The zero-order valence-corrected chi connectivity index (χ0v) is 14.4. The molecule has 1 saturated heterocycles. The van der Waals surface area contributed by atoms with Crippen molar-refractivity contribution in [2.45, 2.75) is 51.3 Å². The van der Waals surface area contributed by atoms with Crippen molar-refractivity contribution in [3.8, 4) is 0 Å². The zero-order chi connectivity index (χ0) is 16.7. The lowest BCUT2D eigenvalue weighted by Gasteiger charge is -2.44. The van der Waals surface area contributed by atoms with Gasteiger partial charge in [-0.05, 0) is 39.2 Å². The van der Waals surface area contributed by atoms with E-state index in [4.69, 9.17) is 10.5 Å². The van der Waals surface area contributed by atoms with Crippen LogP contribution in [0.2, 0.25) is 0 Å². The predicted octanol–water partition coefficient (Wildman–Crippen LogP) is 2.57. The first kappa shape index (κ1) is 16.5. The fourth-order valence-electron chi connectivity index (χ4n) is 4.07. The van der Waals surface area contributed by atoms with Crippen molar-refractivity contribution in [2.75, 3.05) is 13.1 Å². The molecule has 2 aliphatic rings. The number of hydrogen-bond donors (Lipinski definition) is 1. The van der Waals surface area contributed by atoms with Crippen LogP contribution >= 0.6 is 0 Å². The predicted molar refractivity (Wildman–Crippen MR) is 90.7 cm³/mol. The summed E-state index contributed by atoms with van der Waals surface area (Å²) >= 11 is 0. The number of hydrogen-bond acceptors (Lipinski definition) is 4. The Morgan fingerprint density at radius 2 is 1.78 bits per heavy atom. The molecule has 2 fully saturated rings. The summed E-state index contributed by atoms with van der Waals surface area (Å²) in [6, 6.07) is 10.5. The van der Waals surface area contributed by atoms with Gasteiger partial charge in [0.1, 0.15) is 11.1 Å². The molecule has 2 atom stereocenters. The van der Waals surface area contributed by atoms with E-state index in [1.807, 2.05) is 26.8 Å². The molecular formula is C19H28N2O2. The Balaban J connectivity index is 1.70. The van der Waals surface area contributed by atoms with E-state index in [9.17, 15) is 4.79 Å². The molecule has 0 aromatic heterocycles. The first-order valence-electron chi connectivity index (χ1n) is 8.57. The van der Waals surface area contributed by atoms with E-state index in [-0.39, 0.29) is 17.8 Å². The molecule has 1 aliphatic carbocycles. The number of rotatable bonds is 3. The van der Waals surface area contributed by atoms with Crippen LogP contribution in [0.4, 0.5) is 0 Å². The molecule has 1 aromatic carbocycles. The van der Waals surface area contributed by atoms with Crippen LogP contribution < -0.4 is 5.73 Å². The van der Waals surface area contributed by atoms with Crippen molar-refractivity contribution < 1.29 is 9.53 Å². The van der Waals surface area contributed by atoms with Crippen LogP contribution in [0.5, 0.6) is 0 Å². The second-order valence-corrected chi connectivity index (χ2v) is 8.09. The number of fused-ring (bicyclic) bond motifs is 2. The minimum absolute atomic E-state index is 0.194. The monoisotopic (exact) mass is 316 g/mol. The first-order valence-corrected chi connectivity index (χ1v) is 8.57. The van der Waals surface area contributed by atoms with Crippen molar-refractivity contribution in [2.24, 2.45) is 17.6 Å². The van der Waals surface area contributed by atoms with Crippen LogP contribution in [0, 0.1) is 11.8 Å². The minimum atomic E-state index is -0.805. The van der Waals surface area contributed by atoms with Gasteiger partial charge in [0.05, 0.1) is 0 Å². The summed E-state index contributed by atoms with van der Waals surface area (Å²) in [6.45, 7) is 8.39. The molecule has 0 spiro atoms. The quantitative estimate of drug-likeness (QED) is 0.871. The fourth-order valence-corrected chi connectivity index (χ4v) is 4.07. The van der Waals surface area contributed by atoms with Gasteiger partial charge in [0.15, 0.2) is 0 Å². The molecule has 2 bridgehead atoms. The Morgan fingerprint density at radius 3 is 2.30 bits per heavy atom. The van der Waals surface area contributed by atoms with E-state index in [0.29, 0.717) is 0 Å². The van der Waals surface area contributed by atoms with Gasteiger partial charge >= 0.3 is 5.97 Å². The maximum Gasteiger partial charge on any atom is 0.327 e. The molecule has 4 nitrogen and oxygen atoms in total. The zero-order valence-electron chi connectivity index (χ0n) is 14.4. The topological polar surface area (TPSA) is 55.6 Å². The molecule has 23 heavy (non-hydrogen) atoms. The Labute approximate surface area is 139 Å². The maximum absolute atomic E-state index is 12.7. The van der Waals surface area contributed by atoms with E-state index in [1.165, 1.54) is 5.56 Å². The lowest BCUT2D eigenvalue weighted by Crippen LogP contribution is -2.64. The fraction of sp³-hybridized carbons (Fsp3) is 0.632. The lowest BCUT2D eigenvalue weighted by atomic mass is 9.77. The largest absolute Gasteiger partial charge is 0.459 e. The molecule has 4 heteroatoms. The summed E-state index contributed by atoms with van der Waals surface area (Å²) in [4.78, 5) is 15.1. The molecule has 2 unspecified atom stereocenters. The Kier molecular flexibility index (Phi) is 4.23. The van der Waals surface area contributed by atoms with Gasteiger partial charge in [0, 0.05) is 31.5 Å². The van der Waals surface area contributed by atoms with Crippen LogP contribution in [0.25, 0.3) is 0 Å². The van der Waals surface area contributed by atoms with E-state index in [1.54, 1.807) is 0 Å². The molecule has 1 saturated carbocycles. The highest BCUT2D eigenvalue weighted by Gasteiger charge is 2.57. The second kappa shape index (κ2) is 5.91. The summed E-state index contributed by atoms with van der Waals surface area (Å²) in [7, 11) is 0. The van der Waals surface area contributed by atoms with Crippen molar-refractivity contribution in [1.29, 1.82) is 0 Å². The number of piperidine rings is 1. The van der Waals surface area contributed by atoms with Gasteiger partial charge < -0.3 is 10.5 Å². The highest BCUT2D eigenvalue weighted by Crippen LogP contribution is 2.45. The van der Waals surface area contributed by atoms with Crippen molar-refractivity contribution in [3.63, 3.8) is 0 Å². The Morgan fingerprint density at radius 1 is 1.22 bits per heavy atom. The van der Waals surface area contributed by atoms with Gasteiger partial charge in [0.2, 0.25) is 0 Å². The summed E-state index contributed by atoms with van der Waals surface area (Å²) in [5.74, 6) is 0.177. The summed E-state index contributed by atoms with van der Waals surface area (Å²) in [6.07, 6.45) is 2.04. The van der Waals surface area contributed by atoms with E-state index < -0.39 is 11.1 Å². The summed E-state index contributed by atoms with van der Waals surface area (Å²) in [5, 5.41) is 0. The van der Waals surface area contributed by atoms with Gasteiger partial charge in [-0.1, -0.05) is 30.3 Å². The first-order chi connectivity index (χ1) is 10.8. The maximum atomic E-state index is 12.7. The summed E-state index contributed by atoms with van der Waals surface area (Å²) < 4.78 is 5.63. The average Bonchev–Trinajstić information content (AvgIpc) is 2.66. The van der Waals surface area contributed by atoms with Crippen LogP contribution in [0.1, 0.15) is 39.2 Å². The molecule has 0 radical (unpaired) electrons. The van der Waals surface area contributed by atoms with Crippen LogP contribution in [0.15, 0.2) is 30.3 Å². The van der Waals surface area contributed by atoms with Crippen molar-refractivity contribution in [1.82, 2.24) is 4.90 Å². The molecule has 1 aromatic rings. The summed E-state index contributed by atoms with van der Waals surface area (Å²) in [5.41, 5.74) is 6.64. The van der Waals surface area contributed by atoms with Crippen molar-refractivity contribution >= 4 is 5.97 Å². The third-order valence-electron chi connectivity index (χ3n) is 5.17. The Bertz CT molecular complexity index is 550. The number of ether oxygens (including phenoxy) is 1. The van der Waals surface area contributed by atoms with Crippen LogP contribution in [-0.4, -0.2) is 35.1 Å². The lowest BCUT2D eigenvalue weighted by molar-refractivity contribution is -0.167. The standard InChI is InChI=1S/C19H28N2O2/c1-18(2,3)23-17(22)19(20)15-9-10-16(19)13-21(12-15)11-14-7-5-4-6-8-14/h4-8,15-16H,9-13,20H2,1-3H3. The highest BCUT2D eigenvalue weighted by atomic mass is 16.6. The highest BCUT2D eigenvalue weighted by molar-refractivity contribution is 5.82. The number of nitrogens with two attached hydrogens (primary N) is 1. The molecule has 2 N–H and O–H groups in total. The van der Waals surface area contributed by atoms with E-state index in [0.717, 1.165) is 32.5 Å². The number of carbonyl (C=O) groups excluding carboxylic acids is 1. The van der Waals surface area contributed by atoms with Gasteiger partial charge in [-0.25, -0.2) is 0 Å². The average molecular weight is 316 g/mol. The normalized spacial score (nSPS) is 31.1. The number of likely N-dealkylation sites (tertiary alicyclic amines) is 1. The molecular weight excluding hydrogens is 288 g/mol. The van der Waals surface area contributed by atoms with Crippen molar-refractivity contribution in [3.05, 3.63) is 35.9 Å². The number of carbonyl (C=O) groups is 1. The molecule has 1 aliphatic heterocycles. The Hall–Kier alpha value is -1.39. The molecule has 0 amide bonds. The van der Waals surface area contributed by atoms with Gasteiger partial charge in [-0.2, -0.15) is 0 Å². The van der Waals surface area contributed by atoms with Gasteiger partial charge in [0.25, 0.3) is 0 Å². The molecule has 3 rings (SSSR count). The second-order valence-electron chi connectivity index (χ2n) is 8.09. The SMILES string of the molecule is CC(C)(C)OC(=O)C1(N)C2CCC1CN(Cc1ccccc1)C2. The number of esters is 1. The van der Waals surface area contributed by atoms with Crippen LogP contribution in [-0.2, 0) is 16.1 Å². The van der Waals surface area contributed by atoms with Gasteiger partial charge in [-0.15, -0.1) is 0 Å². The van der Waals surface area contributed by atoms with Crippen LogP contribution in [0.3, 0.4) is 0 Å². The minimum Gasteiger partial charge on any atom is -0.459 e. The number of nitrogens with zero attached hydrogens (tertiary/aromatic N) is 1. The third kappa shape index (κ3) is 3.29. The van der Waals surface area contributed by atoms with Gasteiger partial charge in [-0.3, -0.25) is 9.69 Å². The van der Waals surface area contributed by atoms with E-state index >= 15 is 0 Å².